The maximum atomic E-state index is 4.22. The van der Waals surface area contributed by atoms with E-state index in [1.807, 2.05) is 0 Å². The zero-order valence-corrected chi connectivity index (χ0v) is 11.6. The number of hydrogen-bond donors (Lipinski definition) is 2. The number of hydrogen-bond acceptors (Lipinski definition) is 0. The Labute approximate surface area is 111 Å². The van der Waals surface area contributed by atoms with Crippen LogP contribution in [0.4, 0.5) is 0 Å². The van der Waals surface area contributed by atoms with Crippen molar-refractivity contribution in [3.05, 3.63) is 0 Å². The maximum absolute atomic E-state index is 4.22. The van der Waals surface area contributed by atoms with Crippen LogP contribution in [0.25, 0.3) is 0 Å². The van der Waals surface area contributed by atoms with Gasteiger partial charge in [-0.05, 0) is 0 Å². The summed E-state index contributed by atoms with van der Waals surface area (Å²) in [5.41, 5.74) is 0. The third-order valence-corrected chi connectivity index (χ3v) is 3.03. The first kappa shape index (κ1) is 14.3. The predicted octanol–water partition coefficient (Wildman–Crippen LogP) is -1.09. The van der Waals surface area contributed by atoms with Crippen LogP contribution in [-0.4, -0.2) is 44.4 Å². The molecule has 1 saturated heterocycles. The molecule has 1 rings (SSSR count). The summed E-state index contributed by atoms with van der Waals surface area (Å²) in [6, 6.07) is 0. The molecule has 0 atom stereocenters. The van der Waals surface area contributed by atoms with Crippen molar-refractivity contribution >= 4 is 58.8 Å². The Balaban J connectivity index is 0.00000144. The van der Waals surface area contributed by atoms with Crippen molar-refractivity contribution in [2.24, 2.45) is 0 Å². The molecule has 0 aliphatic carbocycles. The maximum Gasteiger partial charge on any atom is 2.00 e. The molecule has 1 fully saturated rings. The van der Waals surface area contributed by atoms with Gasteiger partial charge in [0, 0.05) is 0 Å². The molecule has 75 valence electrons. The fourth-order valence-corrected chi connectivity index (χ4v) is 1.94. The van der Waals surface area contributed by atoms with E-state index in [4.69, 9.17) is 0 Å². The fraction of sp³-hybridized carbons (Fsp3) is 0.667. The Bertz CT molecular complexity index is 217. The van der Waals surface area contributed by atoms with Gasteiger partial charge in [0.05, 0.1) is 25.7 Å². The van der Waals surface area contributed by atoms with Crippen LogP contribution < -0.4 is 0 Å². The van der Waals surface area contributed by atoms with E-state index < -0.39 is 0 Å². The number of piperazine rings is 1. The topological polar surface area (TPSA) is 6.25 Å². The predicted molar refractivity (Wildman–Crippen MR) is 68.5 cm³/mol. The third-order valence-electron chi connectivity index (χ3n) is 1.86. The van der Waals surface area contributed by atoms with Gasteiger partial charge in [0.25, 0.3) is 4.38 Å². The molecule has 0 N–H and O–H groups in total. The Kier molecular flexibility index (Phi) is 7.36. The van der Waals surface area contributed by atoms with Crippen LogP contribution >= 0.6 is 25.3 Å². The Morgan fingerprint density at radius 1 is 1.31 bits per heavy atom. The Morgan fingerprint density at radius 3 is 2.08 bits per heavy atom. The molecule has 1 aliphatic heterocycles. The van der Waals surface area contributed by atoms with E-state index in [1.54, 1.807) is 0 Å². The molecule has 1 radical (unpaired) electrons. The van der Waals surface area contributed by atoms with Crippen LogP contribution in [0.2, 0.25) is 0 Å². The van der Waals surface area contributed by atoms with Crippen LogP contribution in [-0.2, 0) is 41.6 Å². The first-order valence-corrected chi connectivity index (χ1v) is 5.47. The van der Waals surface area contributed by atoms with Crippen molar-refractivity contribution in [2.45, 2.75) is 0 Å². The summed E-state index contributed by atoms with van der Waals surface area (Å²) in [4.78, 5) is 2.17. The average Bonchev–Trinajstić information content (AvgIpc) is 2.04. The van der Waals surface area contributed by atoms with Gasteiger partial charge in [0.15, 0.2) is 13.1 Å². The largest absolute Gasteiger partial charge is 2.00 e. The van der Waals surface area contributed by atoms with Crippen molar-refractivity contribution < 1.29 is 21.4 Å². The van der Waals surface area contributed by atoms with Gasteiger partial charge in [0.2, 0.25) is 12.2 Å². The smallest absolute Gasteiger partial charge is 0.216 e. The van der Waals surface area contributed by atoms with Crippen LogP contribution in [0.3, 0.4) is 0 Å². The number of nitrogens with zero attached hydrogens (tertiary/aromatic N) is 2. The minimum Gasteiger partial charge on any atom is -0.216 e. The van der Waals surface area contributed by atoms with E-state index >= 15 is 0 Å². The van der Waals surface area contributed by atoms with E-state index in [0.717, 1.165) is 34.9 Å². The second-order valence-corrected chi connectivity index (χ2v) is 5.12. The van der Waals surface area contributed by atoms with Crippen molar-refractivity contribution in [3.63, 3.8) is 0 Å². The Hall–Kier alpha value is 1.28. The molecule has 0 bridgehead atoms. The zero-order valence-electron chi connectivity index (χ0n) is 6.90. The van der Waals surface area contributed by atoms with Crippen molar-refractivity contribution in [2.75, 3.05) is 26.2 Å². The minimum absolute atomic E-state index is 0. The number of rotatable bonds is 0. The van der Waals surface area contributed by atoms with Gasteiger partial charge in [-0.1, -0.05) is 25.3 Å². The average molecular weight is 300 g/mol. The minimum atomic E-state index is 0. The summed E-state index contributed by atoms with van der Waals surface area (Å²) in [5.74, 6) is 0. The second kappa shape index (κ2) is 6.70. The van der Waals surface area contributed by atoms with Gasteiger partial charge >= 0.3 is 21.1 Å². The summed E-state index contributed by atoms with van der Waals surface area (Å²) in [7, 11) is 0. The van der Waals surface area contributed by atoms with Gasteiger partial charge in [-0.25, -0.2) is 4.58 Å². The number of thiol groups is 3. The zero-order chi connectivity index (χ0) is 9.14. The molecule has 7 heteroatoms. The summed E-state index contributed by atoms with van der Waals surface area (Å²) in [6.45, 7) is 3.84. The van der Waals surface area contributed by atoms with E-state index in [-0.39, 0.29) is 16.8 Å². The molecule has 0 amide bonds. The summed E-state index contributed by atoms with van der Waals surface area (Å²) >= 11 is 15.9. The van der Waals surface area contributed by atoms with Crippen LogP contribution in [0.1, 0.15) is 0 Å². The Morgan fingerprint density at radius 2 is 1.77 bits per heavy atom. The van der Waals surface area contributed by atoms with Gasteiger partial charge in [-0.2, -0.15) is 4.90 Å². The van der Waals surface area contributed by atoms with Gasteiger partial charge in [-0.15, -0.1) is 0 Å². The van der Waals surface area contributed by atoms with Crippen molar-refractivity contribution in [1.29, 1.82) is 0 Å². The molecule has 13 heavy (non-hydrogen) atoms. The molecule has 0 aromatic carbocycles. The molecular formula is C6H13CoN2S4+5. The summed E-state index contributed by atoms with van der Waals surface area (Å²) in [6.07, 6.45) is 0. The molecule has 0 aromatic heterocycles. The van der Waals surface area contributed by atoms with Gasteiger partial charge in [0.1, 0.15) is 0 Å². The summed E-state index contributed by atoms with van der Waals surface area (Å²) < 4.78 is 3.82. The molecule has 0 aromatic rings. The normalized spacial score (nSPS) is 17.9. The quantitative estimate of drug-likeness (QED) is 0.189. The molecule has 0 unspecified atom stereocenters. The second-order valence-electron chi connectivity index (χ2n) is 2.60. The van der Waals surface area contributed by atoms with Crippen LogP contribution in [0, 0.1) is 0 Å². The molecular weight excluding hydrogens is 287 g/mol. The van der Waals surface area contributed by atoms with E-state index in [0.29, 0.717) is 0 Å². The molecule has 0 spiro atoms. The first-order valence-electron chi connectivity index (χ1n) is 3.63. The monoisotopic (exact) mass is 300 g/mol. The van der Waals surface area contributed by atoms with Crippen LogP contribution in [0.5, 0.6) is 0 Å². The van der Waals surface area contributed by atoms with Crippen LogP contribution in [0.15, 0.2) is 0 Å². The first-order chi connectivity index (χ1) is 5.61. The summed E-state index contributed by atoms with van der Waals surface area (Å²) in [5, 5.41) is 0. The molecule has 1 heterocycles. The van der Waals surface area contributed by atoms with Gasteiger partial charge in [-0.3, -0.25) is 0 Å². The standard InChI is InChI=1S/C6H10N2S4.Co/c9-5(10)7-1-2-8(4-3-7)6(11)12;/h1-4H2,(H2,9,10,11,12);/q;+2/p+3. The molecule has 2 nitrogen and oxygen atoms in total. The van der Waals surface area contributed by atoms with E-state index in [1.165, 1.54) is 0 Å². The molecule has 0 saturated carbocycles. The van der Waals surface area contributed by atoms with Crippen molar-refractivity contribution in [3.8, 4) is 0 Å². The molecule has 1 aliphatic rings. The fourth-order valence-electron chi connectivity index (χ4n) is 1.12. The van der Waals surface area contributed by atoms with Gasteiger partial charge < -0.3 is 0 Å². The third kappa shape index (κ3) is 4.54. The SMILES string of the molecule is SC(S)=[N+]1CCN(C(=[SH+])[SH2+])CC1.[Co+2]. The van der Waals surface area contributed by atoms with E-state index in [9.17, 15) is 0 Å². The van der Waals surface area contributed by atoms with E-state index in [2.05, 4.69) is 59.6 Å². The van der Waals surface area contributed by atoms with Crippen molar-refractivity contribution in [1.82, 2.24) is 4.90 Å².